The molecule has 1 fully saturated rings. The largest absolute Gasteiger partial charge is 0.480 e. The van der Waals surface area contributed by atoms with E-state index in [9.17, 15) is 9.59 Å². The molecule has 0 aromatic heterocycles. The second kappa shape index (κ2) is 7.45. The quantitative estimate of drug-likeness (QED) is 0.704. The molecule has 0 aliphatic heterocycles. The predicted molar refractivity (Wildman–Crippen MR) is 71.0 cm³/mol. The van der Waals surface area contributed by atoms with Crippen molar-refractivity contribution in [3.8, 4) is 0 Å². The molecule has 19 heavy (non-hydrogen) atoms. The Morgan fingerprint density at radius 1 is 1.21 bits per heavy atom. The number of carbonyl (C=O) groups is 2. The maximum absolute atomic E-state index is 11.6. The Hall–Kier alpha value is -1.14. The van der Waals surface area contributed by atoms with Gasteiger partial charge in [0.1, 0.15) is 13.2 Å². The average Bonchev–Trinajstić information content (AvgIpc) is 2.37. The number of amides is 1. The first-order chi connectivity index (χ1) is 8.96. The lowest BCUT2D eigenvalue weighted by Gasteiger charge is -2.43. The van der Waals surface area contributed by atoms with Gasteiger partial charge in [0.15, 0.2) is 0 Å². The third-order valence-corrected chi connectivity index (χ3v) is 3.81. The van der Waals surface area contributed by atoms with Crippen molar-refractivity contribution in [1.82, 2.24) is 10.2 Å². The van der Waals surface area contributed by atoms with Crippen LogP contribution in [0.4, 0.5) is 0 Å². The highest BCUT2D eigenvalue weighted by molar-refractivity contribution is 5.77. The average molecular weight is 272 g/mol. The first-order valence-corrected chi connectivity index (χ1v) is 6.70. The van der Waals surface area contributed by atoms with Gasteiger partial charge in [0.2, 0.25) is 5.91 Å². The monoisotopic (exact) mass is 272 g/mol. The number of nitrogens with one attached hydrogen (secondary N) is 1. The van der Waals surface area contributed by atoms with Gasteiger partial charge in [-0.1, -0.05) is 19.3 Å². The fourth-order valence-electron chi connectivity index (χ4n) is 2.54. The van der Waals surface area contributed by atoms with Crippen LogP contribution >= 0.6 is 0 Å². The van der Waals surface area contributed by atoms with E-state index in [4.69, 9.17) is 9.84 Å². The summed E-state index contributed by atoms with van der Waals surface area (Å²) in [6, 6.07) is 0. The molecule has 1 aliphatic carbocycles. The van der Waals surface area contributed by atoms with Gasteiger partial charge in [-0.3, -0.25) is 4.79 Å². The van der Waals surface area contributed by atoms with Gasteiger partial charge in [0, 0.05) is 12.1 Å². The summed E-state index contributed by atoms with van der Waals surface area (Å²) >= 11 is 0. The third-order valence-electron chi connectivity index (χ3n) is 3.81. The molecule has 1 rings (SSSR count). The van der Waals surface area contributed by atoms with Crippen molar-refractivity contribution in [3.05, 3.63) is 0 Å². The van der Waals surface area contributed by atoms with Crippen molar-refractivity contribution in [2.45, 2.75) is 37.6 Å². The molecule has 110 valence electrons. The Bertz CT molecular complexity index is 312. The minimum atomic E-state index is -1.06. The molecular formula is C13H24N2O4. The van der Waals surface area contributed by atoms with Gasteiger partial charge in [-0.15, -0.1) is 0 Å². The number of hydrogen-bond acceptors (Lipinski definition) is 4. The van der Waals surface area contributed by atoms with E-state index in [1.54, 1.807) is 0 Å². The Balaban J connectivity index is 2.35. The number of carboxylic acids is 1. The SMILES string of the molecule is CN(C)C1(CNC(=O)COCC(=O)O)CCCCC1. The summed E-state index contributed by atoms with van der Waals surface area (Å²) in [6.07, 6.45) is 5.78. The zero-order chi connectivity index (χ0) is 14.3. The standard InChI is InChI=1S/C13H24N2O4/c1-15(2)13(6-4-3-5-7-13)10-14-11(16)8-19-9-12(17)18/h3-10H2,1-2H3,(H,14,16)(H,17,18). The number of nitrogens with zero attached hydrogens (tertiary/aromatic N) is 1. The number of hydrogen-bond donors (Lipinski definition) is 2. The van der Waals surface area contributed by atoms with Gasteiger partial charge in [0.05, 0.1) is 0 Å². The summed E-state index contributed by atoms with van der Waals surface area (Å²) in [5.74, 6) is -1.32. The lowest BCUT2D eigenvalue weighted by atomic mass is 9.80. The number of rotatable bonds is 7. The normalized spacial score (nSPS) is 18.3. The van der Waals surface area contributed by atoms with Crippen molar-refractivity contribution in [3.63, 3.8) is 0 Å². The van der Waals surface area contributed by atoms with Gasteiger partial charge < -0.3 is 20.1 Å². The van der Waals surface area contributed by atoms with Crippen LogP contribution in [0.1, 0.15) is 32.1 Å². The van der Waals surface area contributed by atoms with Crippen molar-refractivity contribution in [2.75, 3.05) is 33.9 Å². The van der Waals surface area contributed by atoms with Crippen molar-refractivity contribution in [2.24, 2.45) is 0 Å². The Morgan fingerprint density at radius 2 is 1.84 bits per heavy atom. The Morgan fingerprint density at radius 3 is 2.37 bits per heavy atom. The second-order valence-corrected chi connectivity index (χ2v) is 5.34. The molecule has 0 saturated heterocycles. The lowest BCUT2D eigenvalue weighted by Crippen LogP contribution is -2.54. The van der Waals surface area contributed by atoms with E-state index in [1.807, 2.05) is 14.1 Å². The van der Waals surface area contributed by atoms with Crippen LogP contribution in [-0.4, -0.2) is 61.3 Å². The molecule has 0 aromatic rings. The Kier molecular flexibility index (Phi) is 6.24. The van der Waals surface area contributed by atoms with E-state index in [0.717, 1.165) is 12.8 Å². The number of carboxylic acid groups (broad SMARTS) is 1. The molecule has 2 N–H and O–H groups in total. The van der Waals surface area contributed by atoms with Gasteiger partial charge in [-0.2, -0.15) is 0 Å². The molecule has 1 amide bonds. The van der Waals surface area contributed by atoms with E-state index >= 15 is 0 Å². The zero-order valence-electron chi connectivity index (χ0n) is 11.8. The maximum Gasteiger partial charge on any atom is 0.329 e. The number of carbonyl (C=O) groups excluding carboxylic acids is 1. The fraction of sp³-hybridized carbons (Fsp3) is 0.846. The van der Waals surface area contributed by atoms with E-state index in [2.05, 4.69) is 10.2 Å². The molecule has 0 bridgehead atoms. The van der Waals surface area contributed by atoms with Gasteiger partial charge >= 0.3 is 5.97 Å². The Labute approximate surface area is 114 Å². The number of ether oxygens (including phenoxy) is 1. The smallest absolute Gasteiger partial charge is 0.329 e. The van der Waals surface area contributed by atoms with E-state index in [0.29, 0.717) is 6.54 Å². The highest BCUT2D eigenvalue weighted by atomic mass is 16.5. The summed E-state index contributed by atoms with van der Waals surface area (Å²) < 4.78 is 4.76. The van der Waals surface area contributed by atoms with Crippen molar-refractivity contribution < 1.29 is 19.4 Å². The van der Waals surface area contributed by atoms with Crippen molar-refractivity contribution >= 4 is 11.9 Å². The second-order valence-electron chi connectivity index (χ2n) is 5.34. The molecule has 0 unspecified atom stereocenters. The van der Waals surface area contributed by atoms with Crippen molar-refractivity contribution in [1.29, 1.82) is 0 Å². The van der Waals surface area contributed by atoms with E-state index in [1.165, 1.54) is 19.3 Å². The fourth-order valence-corrected chi connectivity index (χ4v) is 2.54. The third kappa shape index (κ3) is 5.16. The molecule has 1 saturated carbocycles. The lowest BCUT2D eigenvalue weighted by molar-refractivity contribution is -0.143. The molecule has 0 radical (unpaired) electrons. The number of likely N-dealkylation sites (N-methyl/N-ethyl adjacent to an activating group) is 1. The topological polar surface area (TPSA) is 78.9 Å². The minimum Gasteiger partial charge on any atom is -0.480 e. The van der Waals surface area contributed by atoms with Crippen LogP contribution in [0.3, 0.4) is 0 Å². The molecule has 6 heteroatoms. The molecule has 6 nitrogen and oxygen atoms in total. The predicted octanol–water partition coefficient (Wildman–Crippen LogP) is 0.468. The highest BCUT2D eigenvalue weighted by Gasteiger charge is 2.34. The van der Waals surface area contributed by atoms with Crippen LogP contribution in [0.25, 0.3) is 0 Å². The first kappa shape index (κ1) is 15.9. The molecule has 0 heterocycles. The summed E-state index contributed by atoms with van der Waals surface area (Å²) in [4.78, 5) is 24.0. The van der Waals surface area contributed by atoms with Crippen LogP contribution in [0.15, 0.2) is 0 Å². The van der Waals surface area contributed by atoms with Crippen LogP contribution in [0, 0.1) is 0 Å². The molecule has 0 atom stereocenters. The highest BCUT2D eigenvalue weighted by Crippen LogP contribution is 2.31. The van der Waals surface area contributed by atoms with E-state index < -0.39 is 12.6 Å². The minimum absolute atomic E-state index is 0.0285. The molecule has 0 aromatic carbocycles. The summed E-state index contributed by atoms with van der Waals surface area (Å²) in [5, 5.41) is 11.3. The summed E-state index contributed by atoms with van der Waals surface area (Å²) in [7, 11) is 4.08. The number of aliphatic carboxylic acids is 1. The molecule has 0 spiro atoms. The first-order valence-electron chi connectivity index (χ1n) is 6.70. The van der Waals surface area contributed by atoms with Crippen LogP contribution in [-0.2, 0) is 14.3 Å². The van der Waals surface area contributed by atoms with Gasteiger partial charge in [0.25, 0.3) is 0 Å². The molecule has 1 aliphatic rings. The van der Waals surface area contributed by atoms with Gasteiger partial charge in [-0.05, 0) is 26.9 Å². The van der Waals surface area contributed by atoms with Crippen LogP contribution in [0.2, 0.25) is 0 Å². The van der Waals surface area contributed by atoms with Crippen LogP contribution < -0.4 is 5.32 Å². The summed E-state index contributed by atoms with van der Waals surface area (Å²) in [6.45, 7) is -0.0443. The maximum atomic E-state index is 11.6. The van der Waals surface area contributed by atoms with Gasteiger partial charge in [-0.25, -0.2) is 4.79 Å². The van der Waals surface area contributed by atoms with E-state index in [-0.39, 0.29) is 18.1 Å². The zero-order valence-corrected chi connectivity index (χ0v) is 11.8. The summed E-state index contributed by atoms with van der Waals surface area (Å²) in [5.41, 5.74) is 0.0285. The molecular weight excluding hydrogens is 248 g/mol. The van der Waals surface area contributed by atoms with Crippen LogP contribution in [0.5, 0.6) is 0 Å².